The lowest BCUT2D eigenvalue weighted by atomic mass is 10.2. The van der Waals surface area contributed by atoms with Crippen LogP contribution in [0.5, 0.6) is 11.5 Å². The van der Waals surface area contributed by atoms with Gasteiger partial charge in [-0.25, -0.2) is 9.97 Å². The molecule has 0 unspecified atom stereocenters. The standard InChI is InChI=1S/C10H11N3O2.C10H14N2O3/c1-14-8-3-6-7(4-9(8)15-2)12-5-13-10(6)11;13-10(9-3-1-8-15-9)11-4-2-5-12(14)7-6-11/h3-5H,1-2H3,(H2,11,12,13);1,3,8,14H,2,4-7H2. The normalized spacial score (nSPS) is 14.6. The number of methoxy groups -OCH3 is 2. The first-order valence-corrected chi connectivity index (χ1v) is 9.42. The number of amides is 1. The number of furan rings is 1. The predicted octanol–water partition coefficient (Wildman–Crippen LogP) is 2.05. The number of nitrogens with two attached hydrogens (primary N) is 1. The Hall–Kier alpha value is -3.37. The SMILES string of the molecule is COc1cc2ncnc(N)c2cc1OC.O=C(c1ccco1)N1CCCN(O)CC1. The Balaban J connectivity index is 0.000000171. The molecular formula is C20H25N5O5. The summed E-state index contributed by atoms with van der Waals surface area (Å²) in [6.45, 7) is 2.31. The van der Waals surface area contributed by atoms with Gasteiger partial charge in [0.2, 0.25) is 0 Å². The van der Waals surface area contributed by atoms with E-state index in [2.05, 4.69) is 9.97 Å². The summed E-state index contributed by atoms with van der Waals surface area (Å²) in [5, 5.41) is 11.3. The Morgan fingerprint density at radius 1 is 1.13 bits per heavy atom. The highest BCUT2D eigenvalue weighted by atomic mass is 16.5. The fraction of sp³-hybridized carbons (Fsp3) is 0.350. The van der Waals surface area contributed by atoms with E-state index in [4.69, 9.17) is 19.6 Å². The zero-order valence-electron chi connectivity index (χ0n) is 16.9. The van der Waals surface area contributed by atoms with Crippen LogP contribution < -0.4 is 15.2 Å². The second-order valence-corrected chi connectivity index (χ2v) is 6.56. The van der Waals surface area contributed by atoms with Crippen molar-refractivity contribution in [2.45, 2.75) is 6.42 Å². The number of hydrogen-bond acceptors (Lipinski definition) is 9. The van der Waals surface area contributed by atoms with Crippen molar-refractivity contribution >= 4 is 22.6 Å². The third kappa shape index (κ3) is 4.97. The molecule has 0 aliphatic carbocycles. The number of aromatic nitrogens is 2. The van der Waals surface area contributed by atoms with Crippen LogP contribution in [0.3, 0.4) is 0 Å². The second kappa shape index (κ2) is 9.90. The Labute approximate surface area is 173 Å². The highest BCUT2D eigenvalue weighted by Crippen LogP contribution is 2.32. The van der Waals surface area contributed by atoms with Crippen LogP contribution in [0.4, 0.5) is 5.82 Å². The summed E-state index contributed by atoms with van der Waals surface area (Å²) in [5.74, 6) is 1.94. The summed E-state index contributed by atoms with van der Waals surface area (Å²) in [6, 6.07) is 6.89. The lowest BCUT2D eigenvalue weighted by Crippen LogP contribution is -2.34. The van der Waals surface area contributed by atoms with Crippen molar-refractivity contribution in [2.24, 2.45) is 0 Å². The van der Waals surface area contributed by atoms with Crippen LogP contribution in [-0.4, -0.2) is 71.4 Å². The van der Waals surface area contributed by atoms with Crippen molar-refractivity contribution in [3.05, 3.63) is 42.6 Å². The number of nitrogen functional groups attached to an aromatic ring is 1. The molecule has 1 aliphatic rings. The maximum absolute atomic E-state index is 11.9. The van der Waals surface area contributed by atoms with Gasteiger partial charge in [0.05, 0.1) is 26.0 Å². The van der Waals surface area contributed by atoms with Gasteiger partial charge < -0.3 is 29.7 Å². The molecular weight excluding hydrogens is 390 g/mol. The largest absolute Gasteiger partial charge is 0.493 e. The Bertz CT molecular complexity index is 979. The van der Waals surface area contributed by atoms with Crippen molar-refractivity contribution in [3.8, 4) is 11.5 Å². The van der Waals surface area contributed by atoms with E-state index in [-0.39, 0.29) is 5.91 Å². The van der Waals surface area contributed by atoms with E-state index >= 15 is 0 Å². The summed E-state index contributed by atoms with van der Waals surface area (Å²) < 4.78 is 15.4. The molecule has 0 spiro atoms. The van der Waals surface area contributed by atoms with Crippen LogP contribution in [0.25, 0.3) is 10.9 Å². The van der Waals surface area contributed by atoms with Gasteiger partial charge in [-0.15, -0.1) is 0 Å². The van der Waals surface area contributed by atoms with Crippen molar-refractivity contribution in [3.63, 3.8) is 0 Å². The first-order chi connectivity index (χ1) is 14.5. The monoisotopic (exact) mass is 415 g/mol. The minimum atomic E-state index is -0.102. The predicted molar refractivity (Wildman–Crippen MR) is 110 cm³/mol. The number of ether oxygens (including phenoxy) is 2. The van der Waals surface area contributed by atoms with Gasteiger partial charge in [-0.3, -0.25) is 4.79 Å². The second-order valence-electron chi connectivity index (χ2n) is 6.56. The number of rotatable bonds is 3. The minimum absolute atomic E-state index is 0.102. The molecule has 1 fully saturated rings. The lowest BCUT2D eigenvalue weighted by Gasteiger charge is -2.18. The van der Waals surface area contributed by atoms with E-state index < -0.39 is 0 Å². The van der Waals surface area contributed by atoms with E-state index in [1.165, 1.54) is 17.7 Å². The van der Waals surface area contributed by atoms with Gasteiger partial charge in [-0.2, -0.15) is 5.06 Å². The summed E-state index contributed by atoms with van der Waals surface area (Å²) in [5.41, 5.74) is 6.46. The number of carbonyl (C=O) groups excluding carboxylic acids is 1. The molecule has 0 atom stereocenters. The minimum Gasteiger partial charge on any atom is -0.493 e. The van der Waals surface area contributed by atoms with Crippen LogP contribution >= 0.6 is 0 Å². The van der Waals surface area contributed by atoms with Gasteiger partial charge in [0.25, 0.3) is 5.91 Å². The van der Waals surface area contributed by atoms with Crippen LogP contribution in [-0.2, 0) is 0 Å². The molecule has 3 aromatic rings. The molecule has 1 saturated heterocycles. The van der Waals surface area contributed by atoms with Crippen molar-refractivity contribution in [1.82, 2.24) is 19.9 Å². The summed E-state index contributed by atoms with van der Waals surface area (Å²) in [7, 11) is 3.15. The maximum atomic E-state index is 11.9. The van der Waals surface area contributed by atoms with Crippen LogP contribution in [0.2, 0.25) is 0 Å². The average Bonchev–Trinajstić information content (AvgIpc) is 3.22. The van der Waals surface area contributed by atoms with Crippen molar-refractivity contribution < 1.29 is 23.9 Å². The highest BCUT2D eigenvalue weighted by molar-refractivity contribution is 5.91. The van der Waals surface area contributed by atoms with E-state index in [0.717, 1.165) is 17.3 Å². The fourth-order valence-electron chi connectivity index (χ4n) is 3.07. The number of hydrogen-bond donors (Lipinski definition) is 2. The molecule has 2 aromatic heterocycles. The number of hydroxylamine groups is 2. The van der Waals surface area contributed by atoms with E-state index in [9.17, 15) is 10.0 Å². The third-order valence-electron chi connectivity index (χ3n) is 4.66. The van der Waals surface area contributed by atoms with E-state index in [1.807, 2.05) is 0 Å². The number of nitrogens with zero attached hydrogens (tertiary/aromatic N) is 4. The van der Waals surface area contributed by atoms with Crippen molar-refractivity contribution in [1.29, 1.82) is 0 Å². The van der Waals surface area contributed by atoms with Crippen LogP contribution in [0.1, 0.15) is 17.0 Å². The van der Waals surface area contributed by atoms with Gasteiger partial charge in [-0.05, 0) is 24.6 Å². The molecule has 1 aliphatic heterocycles. The molecule has 0 radical (unpaired) electrons. The lowest BCUT2D eigenvalue weighted by molar-refractivity contribution is -0.0858. The molecule has 4 rings (SSSR count). The topological polar surface area (TPSA) is 127 Å². The number of carbonyl (C=O) groups is 1. The van der Waals surface area contributed by atoms with Gasteiger partial charge in [0.15, 0.2) is 17.3 Å². The van der Waals surface area contributed by atoms with Gasteiger partial charge in [0, 0.05) is 37.6 Å². The maximum Gasteiger partial charge on any atom is 0.289 e. The van der Waals surface area contributed by atoms with Gasteiger partial charge in [0.1, 0.15) is 12.1 Å². The summed E-state index contributed by atoms with van der Waals surface area (Å²) >= 11 is 0. The Morgan fingerprint density at radius 2 is 1.90 bits per heavy atom. The smallest absolute Gasteiger partial charge is 0.289 e. The molecule has 1 amide bonds. The molecule has 10 nitrogen and oxygen atoms in total. The molecule has 1 aromatic carbocycles. The molecule has 10 heteroatoms. The summed E-state index contributed by atoms with van der Waals surface area (Å²) in [4.78, 5) is 21.6. The summed E-state index contributed by atoms with van der Waals surface area (Å²) in [6.07, 6.45) is 3.69. The number of fused-ring (bicyclic) bond motifs is 1. The highest BCUT2D eigenvalue weighted by Gasteiger charge is 2.21. The van der Waals surface area contributed by atoms with Crippen LogP contribution in [0.15, 0.2) is 41.3 Å². The average molecular weight is 415 g/mol. The quantitative estimate of drug-likeness (QED) is 0.660. The third-order valence-corrected chi connectivity index (χ3v) is 4.66. The number of anilines is 1. The van der Waals surface area contributed by atoms with Crippen LogP contribution in [0, 0.1) is 0 Å². The molecule has 30 heavy (non-hydrogen) atoms. The zero-order valence-corrected chi connectivity index (χ0v) is 16.9. The Kier molecular flexibility index (Phi) is 7.04. The molecule has 0 bridgehead atoms. The fourth-order valence-corrected chi connectivity index (χ4v) is 3.07. The first kappa shape index (κ1) is 21.3. The zero-order chi connectivity index (χ0) is 21.5. The van der Waals surface area contributed by atoms with Crippen molar-refractivity contribution in [2.75, 3.05) is 46.1 Å². The van der Waals surface area contributed by atoms with Gasteiger partial charge in [-0.1, -0.05) is 0 Å². The molecule has 3 heterocycles. The van der Waals surface area contributed by atoms with E-state index in [0.29, 0.717) is 49.3 Å². The van der Waals surface area contributed by atoms with Gasteiger partial charge >= 0.3 is 0 Å². The molecule has 0 saturated carbocycles. The molecule has 3 N–H and O–H groups in total. The first-order valence-electron chi connectivity index (χ1n) is 9.42. The number of benzene rings is 1. The van der Waals surface area contributed by atoms with E-state index in [1.54, 1.807) is 43.4 Å². The molecule has 160 valence electrons. The Morgan fingerprint density at radius 3 is 2.60 bits per heavy atom.